The average Bonchev–Trinajstić information content (AvgIpc) is 2.69. The molecule has 2 unspecified atom stereocenters. The third-order valence-electron chi connectivity index (χ3n) is 2.81. The topological polar surface area (TPSA) is 121 Å². The summed E-state index contributed by atoms with van der Waals surface area (Å²) in [5.74, 6) is -4.23. The number of aliphatic carboxylic acids is 2. The molecular formula is C12H15NO6S. The van der Waals surface area contributed by atoms with E-state index in [1.54, 1.807) is 0 Å². The molecule has 110 valence electrons. The summed E-state index contributed by atoms with van der Waals surface area (Å²) in [6.45, 7) is 1.21. The molecule has 1 rings (SSSR count). The van der Waals surface area contributed by atoms with E-state index in [-0.39, 0.29) is 17.3 Å². The number of carboxylic acid groups (broad SMARTS) is 2. The van der Waals surface area contributed by atoms with E-state index in [1.165, 1.54) is 19.1 Å². The number of amides is 1. The van der Waals surface area contributed by atoms with Gasteiger partial charge in [0.2, 0.25) is 5.91 Å². The SMILES string of the molecule is CC(=O)N[C@@H](CSCC1C(=O)C=CC1C(=O)O)C(=O)O. The molecule has 0 aromatic rings. The zero-order valence-corrected chi connectivity index (χ0v) is 11.6. The van der Waals surface area contributed by atoms with Crippen LogP contribution in [0.15, 0.2) is 12.2 Å². The van der Waals surface area contributed by atoms with Gasteiger partial charge in [0.05, 0.1) is 5.92 Å². The summed E-state index contributed by atoms with van der Waals surface area (Å²) in [7, 11) is 0. The van der Waals surface area contributed by atoms with Crippen LogP contribution in [0.5, 0.6) is 0 Å². The summed E-state index contributed by atoms with van der Waals surface area (Å²) in [4.78, 5) is 44.2. The molecule has 0 heterocycles. The van der Waals surface area contributed by atoms with Crippen LogP contribution in [-0.4, -0.2) is 51.4 Å². The van der Waals surface area contributed by atoms with Crippen LogP contribution in [0.4, 0.5) is 0 Å². The Bertz CT molecular complexity index is 461. The maximum absolute atomic E-state index is 11.5. The van der Waals surface area contributed by atoms with E-state index in [0.717, 1.165) is 11.8 Å². The van der Waals surface area contributed by atoms with Crippen molar-refractivity contribution in [1.82, 2.24) is 5.32 Å². The highest BCUT2D eigenvalue weighted by molar-refractivity contribution is 7.99. The van der Waals surface area contributed by atoms with Crippen molar-refractivity contribution < 1.29 is 29.4 Å². The first-order valence-corrected chi connectivity index (χ1v) is 7.01. The normalized spacial score (nSPS) is 22.6. The number of rotatable bonds is 7. The molecule has 0 radical (unpaired) electrons. The molecule has 1 aliphatic rings. The van der Waals surface area contributed by atoms with Crippen molar-refractivity contribution in [1.29, 1.82) is 0 Å². The quantitative estimate of drug-likeness (QED) is 0.593. The smallest absolute Gasteiger partial charge is 0.327 e. The molecule has 7 nitrogen and oxygen atoms in total. The van der Waals surface area contributed by atoms with Crippen LogP contribution in [0.2, 0.25) is 0 Å². The van der Waals surface area contributed by atoms with Crippen LogP contribution in [0.1, 0.15) is 6.92 Å². The van der Waals surface area contributed by atoms with Crippen LogP contribution in [0, 0.1) is 11.8 Å². The Labute approximate surface area is 119 Å². The van der Waals surface area contributed by atoms with E-state index in [4.69, 9.17) is 10.2 Å². The Balaban J connectivity index is 2.50. The molecule has 3 atom stereocenters. The Hall–Kier alpha value is -1.83. The minimum Gasteiger partial charge on any atom is -0.481 e. The number of thioether (sulfide) groups is 1. The van der Waals surface area contributed by atoms with E-state index in [9.17, 15) is 19.2 Å². The second-order valence-corrected chi connectivity index (χ2v) is 5.44. The Morgan fingerprint density at radius 3 is 2.55 bits per heavy atom. The molecule has 0 saturated carbocycles. The Kier molecular flexibility index (Phi) is 5.75. The van der Waals surface area contributed by atoms with Gasteiger partial charge in [0, 0.05) is 24.3 Å². The van der Waals surface area contributed by atoms with Crippen molar-refractivity contribution >= 4 is 35.4 Å². The number of carbonyl (C=O) groups is 4. The lowest BCUT2D eigenvalue weighted by atomic mass is 9.97. The number of allylic oxidation sites excluding steroid dienone is 1. The van der Waals surface area contributed by atoms with Gasteiger partial charge in [-0.1, -0.05) is 6.08 Å². The lowest BCUT2D eigenvalue weighted by molar-refractivity contribution is -0.142. The number of hydrogen-bond acceptors (Lipinski definition) is 5. The third-order valence-corrected chi connectivity index (χ3v) is 3.97. The van der Waals surface area contributed by atoms with Gasteiger partial charge in [0.25, 0.3) is 0 Å². The lowest BCUT2D eigenvalue weighted by Crippen LogP contribution is -2.41. The predicted molar refractivity (Wildman–Crippen MR) is 71.3 cm³/mol. The van der Waals surface area contributed by atoms with Crippen molar-refractivity contribution in [3.05, 3.63) is 12.2 Å². The molecule has 0 bridgehead atoms. The first-order chi connectivity index (χ1) is 9.32. The van der Waals surface area contributed by atoms with Gasteiger partial charge in [-0.2, -0.15) is 11.8 Å². The van der Waals surface area contributed by atoms with Crippen molar-refractivity contribution in [3.63, 3.8) is 0 Å². The van der Waals surface area contributed by atoms with E-state index in [0.29, 0.717) is 0 Å². The third kappa shape index (κ3) is 4.37. The minimum atomic E-state index is -1.17. The van der Waals surface area contributed by atoms with Gasteiger partial charge in [-0.15, -0.1) is 0 Å². The van der Waals surface area contributed by atoms with Crippen molar-refractivity contribution in [2.24, 2.45) is 11.8 Å². The summed E-state index contributed by atoms with van der Waals surface area (Å²) in [5, 5.41) is 20.1. The predicted octanol–water partition coefficient (Wildman–Crippen LogP) is -0.235. The standard InChI is InChI=1S/C12H15NO6S/c1-6(14)13-9(12(18)19)5-20-4-8-7(11(16)17)2-3-10(8)15/h2-3,7-9H,4-5H2,1H3,(H,13,14)(H,16,17)(H,18,19)/t7?,8?,9-/m0/s1. The number of carbonyl (C=O) groups excluding carboxylic acids is 2. The monoisotopic (exact) mass is 301 g/mol. The molecule has 1 amide bonds. The van der Waals surface area contributed by atoms with Crippen LogP contribution < -0.4 is 5.32 Å². The van der Waals surface area contributed by atoms with Crippen LogP contribution >= 0.6 is 11.8 Å². The molecule has 0 fully saturated rings. The zero-order chi connectivity index (χ0) is 15.3. The van der Waals surface area contributed by atoms with Gasteiger partial charge in [0.1, 0.15) is 6.04 Å². The Morgan fingerprint density at radius 1 is 1.40 bits per heavy atom. The number of hydrogen-bond donors (Lipinski definition) is 3. The van der Waals surface area contributed by atoms with E-state index >= 15 is 0 Å². The molecule has 3 N–H and O–H groups in total. The average molecular weight is 301 g/mol. The fourth-order valence-electron chi connectivity index (χ4n) is 1.81. The molecular weight excluding hydrogens is 286 g/mol. The second-order valence-electron chi connectivity index (χ2n) is 4.36. The number of nitrogens with one attached hydrogen (secondary N) is 1. The maximum atomic E-state index is 11.5. The maximum Gasteiger partial charge on any atom is 0.327 e. The van der Waals surface area contributed by atoms with Crippen LogP contribution in [-0.2, 0) is 19.2 Å². The van der Waals surface area contributed by atoms with E-state index in [2.05, 4.69) is 5.32 Å². The summed E-state index contributed by atoms with van der Waals surface area (Å²) in [5.41, 5.74) is 0. The van der Waals surface area contributed by atoms with Crippen LogP contribution in [0.25, 0.3) is 0 Å². The molecule has 0 aromatic carbocycles. The Morgan fingerprint density at radius 2 is 2.05 bits per heavy atom. The van der Waals surface area contributed by atoms with Gasteiger partial charge in [-0.3, -0.25) is 14.4 Å². The summed E-state index contributed by atoms with van der Waals surface area (Å²) >= 11 is 1.13. The van der Waals surface area contributed by atoms with Gasteiger partial charge >= 0.3 is 11.9 Å². The highest BCUT2D eigenvalue weighted by Crippen LogP contribution is 2.26. The summed E-state index contributed by atoms with van der Waals surface area (Å²) in [6.07, 6.45) is 2.59. The van der Waals surface area contributed by atoms with E-state index < -0.39 is 35.7 Å². The highest BCUT2D eigenvalue weighted by atomic mass is 32.2. The fraction of sp³-hybridized carbons (Fsp3) is 0.500. The second kappa shape index (κ2) is 7.09. The van der Waals surface area contributed by atoms with Crippen molar-refractivity contribution in [2.45, 2.75) is 13.0 Å². The van der Waals surface area contributed by atoms with E-state index in [1.807, 2.05) is 0 Å². The lowest BCUT2D eigenvalue weighted by Gasteiger charge is -2.16. The van der Waals surface area contributed by atoms with Gasteiger partial charge in [0.15, 0.2) is 5.78 Å². The molecule has 20 heavy (non-hydrogen) atoms. The highest BCUT2D eigenvalue weighted by Gasteiger charge is 2.35. The number of carboxylic acids is 2. The number of ketones is 1. The minimum absolute atomic E-state index is 0.0744. The van der Waals surface area contributed by atoms with Gasteiger partial charge in [-0.25, -0.2) is 4.79 Å². The molecule has 0 aliphatic heterocycles. The fourth-order valence-corrected chi connectivity index (χ4v) is 3.03. The molecule has 1 aliphatic carbocycles. The summed E-state index contributed by atoms with van der Waals surface area (Å²) < 4.78 is 0. The first-order valence-electron chi connectivity index (χ1n) is 5.85. The largest absolute Gasteiger partial charge is 0.481 e. The summed E-state index contributed by atoms with van der Waals surface area (Å²) in [6, 6.07) is -1.05. The van der Waals surface area contributed by atoms with Gasteiger partial charge in [-0.05, 0) is 6.08 Å². The zero-order valence-electron chi connectivity index (χ0n) is 10.7. The molecule has 0 spiro atoms. The first kappa shape index (κ1) is 16.2. The molecule has 8 heteroatoms. The molecule has 0 aromatic heterocycles. The molecule has 0 saturated heterocycles. The van der Waals surface area contributed by atoms with Gasteiger partial charge < -0.3 is 15.5 Å². The van der Waals surface area contributed by atoms with Crippen molar-refractivity contribution in [2.75, 3.05) is 11.5 Å². The van der Waals surface area contributed by atoms with Crippen LogP contribution in [0.3, 0.4) is 0 Å². The van der Waals surface area contributed by atoms with Crippen molar-refractivity contribution in [3.8, 4) is 0 Å².